The molecule has 0 aliphatic carbocycles. The largest absolute Gasteiger partial charge is 0.457 e. The van der Waals surface area contributed by atoms with Gasteiger partial charge in [-0.1, -0.05) is 23.7 Å². The van der Waals surface area contributed by atoms with Crippen molar-refractivity contribution in [2.45, 2.75) is 6.61 Å². The molecule has 0 saturated carbocycles. The summed E-state index contributed by atoms with van der Waals surface area (Å²) >= 11 is 5.74. The van der Waals surface area contributed by atoms with E-state index in [9.17, 15) is 0 Å². The minimum absolute atomic E-state index is 0.00565. The minimum atomic E-state index is -0.00565. The van der Waals surface area contributed by atoms with Crippen LogP contribution in [0.25, 0.3) is 0 Å². The number of aliphatic hydroxyl groups is 1. The van der Waals surface area contributed by atoms with Gasteiger partial charge in [-0.25, -0.2) is 4.98 Å². The molecular formula is C12H10ClNO2. The van der Waals surface area contributed by atoms with Crippen LogP contribution in [0.3, 0.4) is 0 Å². The Morgan fingerprint density at radius 3 is 2.75 bits per heavy atom. The summed E-state index contributed by atoms with van der Waals surface area (Å²) in [6, 6.07) is 10.6. The van der Waals surface area contributed by atoms with Gasteiger partial charge in [0.05, 0.1) is 6.61 Å². The summed E-state index contributed by atoms with van der Waals surface area (Å²) in [5.41, 5.74) is 0.803. The number of pyridine rings is 1. The fraction of sp³-hybridized carbons (Fsp3) is 0.0833. The molecule has 0 bridgehead atoms. The normalized spacial score (nSPS) is 10.1. The highest BCUT2D eigenvalue weighted by Gasteiger charge is 1.99. The van der Waals surface area contributed by atoms with Gasteiger partial charge in [0.2, 0.25) is 0 Å². The molecule has 2 rings (SSSR count). The van der Waals surface area contributed by atoms with Crippen LogP contribution in [-0.4, -0.2) is 10.1 Å². The maximum atomic E-state index is 8.99. The van der Waals surface area contributed by atoms with Gasteiger partial charge in [-0.2, -0.15) is 0 Å². The van der Waals surface area contributed by atoms with Crippen molar-refractivity contribution in [2.75, 3.05) is 0 Å². The van der Waals surface area contributed by atoms with Crippen LogP contribution in [0.1, 0.15) is 5.56 Å². The smallest absolute Gasteiger partial charge is 0.132 e. The Kier molecular flexibility index (Phi) is 3.39. The third kappa shape index (κ3) is 2.72. The van der Waals surface area contributed by atoms with Crippen molar-refractivity contribution in [2.24, 2.45) is 0 Å². The van der Waals surface area contributed by atoms with E-state index in [1.54, 1.807) is 24.4 Å². The number of benzene rings is 1. The number of halogens is 1. The standard InChI is InChI=1S/C12H10ClNO2/c13-12-7-11(4-5-14-12)16-10-3-1-2-9(6-10)8-15/h1-7,15H,8H2. The summed E-state index contributed by atoms with van der Waals surface area (Å²) in [4.78, 5) is 3.86. The van der Waals surface area contributed by atoms with Crippen LogP contribution >= 0.6 is 11.6 Å². The first-order chi connectivity index (χ1) is 7.78. The summed E-state index contributed by atoms with van der Waals surface area (Å²) in [7, 11) is 0. The molecule has 0 aliphatic rings. The molecule has 1 N–H and O–H groups in total. The molecule has 0 spiro atoms. The average Bonchev–Trinajstić information content (AvgIpc) is 2.29. The molecule has 0 saturated heterocycles. The van der Waals surface area contributed by atoms with E-state index in [2.05, 4.69) is 4.98 Å². The number of aromatic nitrogens is 1. The maximum Gasteiger partial charge on any atom is 0.132 e. The van der Waals surface area contributed by atoms with Crippen LogP contribution in [0.4, 0.5) is 0 Å². The van der Waals surface area contributed by atoms with Gasteiger partial charge < -0.3 is 9.84 Å². The van der Waals surface area contributed by atoms with Crippen molar-refractivity contribution in [1.29, 1.82) is 0 Å². The first-order valence-electron chi connectivity index (χ1n) is 4.77. The van der Waals surface area contributed by atoms with E-state index in [1.807, 2.05) is 18.2 Å². The van der Waals surface area contributed by atoms with Gasteiger partial charge in [-0.05, 0) is 23.8 Å². The van der Waals surface area contributed by atoms with E-state index in [0.717, 1.165) is 5.56 Å². The van der Waals surface area contributed by atoms with Crippen LogP contribution in [0, 0.1) is 0 Å². The minimum Gasteiger partial charge on any atom is -0.457 e. The second-order valence-electron chi connectivity index (χ2n) is 3.22. The number of ether oxygens (including phenoxy) is 1. The fourth-order valence-electron chi connectivity index (χ4n) is 1.29. The highest BCUT2D eigenvalue weighted by atomic mass is 35.5. The topological polar surface area (TPSA) is 42.4 Å². The lowest BCUT2D eigenvalue weighted by Crippen LogP contribution is -1.87. The van der Waals surface area contributed by atoms with E-state index < -0.39 is 0 Å². The van der Waals surface area contributed by atoms with Gasteiger partial charge in [0.15, 0.2) is 0 Å². The number of aliphatic hydroxyl groups excluding tert-OH is 1. The van der Waals surface area contributed by atoms with Crippen LogP contribution in [0.2, 0.25) is 5.15 Å². The Morgan fingerprint density at radius 1 is 1.19 bits per heavy atom. The van der Waals surface area contributed by atoms with Crippen molar-refractivity contribution in [3.05, 3.63) is 53.3 Å². The summed E-state index contributed by atoms with van der Waals surface area (Å²) in [6.45, 7) is -0.00565. The van der Waals surface area contributed by atoms with Crippen molar-refractivity contribution < 1.29 is 9.84 Å². The maximum absolute atomic E-state index is 8.99. The highest BCUT2D eigenvalue weighted by molar-refractivity contribution is 6.29. The van der Waals surface area contributed by atoms with Gasteiger partial charge in [0.25, 0.3) is 0 Å². The molecule has 4 heteroatoms. The molecule has 3 nitrogen and oxygen atoms in total. The van der Waals surface area contributed by atoms with E-state index in [-0.39, 0.29) is 6.61 Å². The summed E-state index contributed by atoms with van der Waals surface area (Å²) in [6.07, 6.45) is 1.58. The van der Waals surface area contributed by atoms with Crippen molar-refractivity contribution in [1.82, 2.24) is 4.98 Å². The predicted octanol–water partition coefficient (Wildman–Crippen LogP) is 3.02. The van der Waals surface area contributed by atoms with Crippen molar-refractivity contribution in [3.63, 3.8) is 0 Å². The third-order valence-electron chi connectivity index (χ3n) is 2.01. The number of hydrogen-bond donors (Lipinski definition) is 1. The molecule has 0 aliphatic heterocycles. The quantitative estimate of drug-likeness (QED) is 0.832. The molecule has 82 valence electrons. The van der Waals surface area contributed by atoms with Gasteiger partial charge in [-0.15, -0.1) is 0 Å². The van der Waals surface area contributed by atoms with Crippen LogP contribution in [0.15, 0.2) is 42.6 Å². The van der Waals surface area contributed by atoms with Crippen molar-refractivity contribution in [3.8, 4) is 11.5 Å². The summed E-state index contributed by atoms with van der Waals surface area (Å²) < 4.78 is 5.57. The third-order valence-corrected chi connectivity index (χ3v) is 2.22. The monoisotopic (exact) mass is 235 g/mol. The molecule has 0 unspecified atom stereocenters. The molecule has 0 fully saturated rings. The van der Waals surface area contributed by atoms with Gasteiger partial charge in [0.1, 0.15) is 16.7 Å². The van der Waals surface area contributed by atoms with E-state index in [0.29, 0.717) is 16.7 Å². The molecule has 16 heavy (non-hydrogen) atoms. The zero-order valence-corrected chi connectivity index (χ0v) is 9.19. The van der Waals surface area contributed by atoms with Crippen LogP contribution in [-0.2, 0) is 6.61 Å². The Balaban J connectivity index is 2.20. The number of rotatable bonds is 3. The lowest BCUT2D eigenvalue weighted by Gasteiger charge is -2.06. The fourth-order valence-corrected chi connectivity index (χ4v) is 1.46. The van der Waals surface area contributed by atoms with Gasteiger partial charge in [0, 0.05) is 12.3 Å². The molecule has 0 atom stereocenters. The van der Waals surface area contributed by atoms with E-state index >= 15 is 0 Å². The predicted molar refractivity (Wildman–Crippen MR) is 61.7 cm³/mol. The van der Waals surface area contributed by atoms with Gasteiger partial charge in [-0.3, -0.25) is 0 Å². The molecular weight excluding hydrogens is 226 g/mol. The first kappa shape index (κ1) is 10.9. The number of hydrogen-bond acceptors (Lipinski definition) is 3. The average molecular weight is 236 g/mol. The van der Waals surface area contributed by atoms with Crippen molar-refractivity contribution >= 4 is 11.6 Å². The molecule has 1 aromatic heterocycles. The van der Waals surface area contributed by atoms with E-state index in [1.165, 1.54) is 0 Å². The molecule has 0 radical (unpaired) electrons. The summed E-state index contributed by atoms with van der Waals surface area (Å²) in [5, 5.41) is 9.37. The van der Waals surface area contributed by atoms with Crippen LogP contribution < -0.4 is 4.74 Å². The Labute approximate surface area is 98.3 Å². The lowest BCUT2D eigenvalue weighted by atomic mass is 10.2. The Hall–Kier alpha value is -1.58. The van der Waals surface area contributed by atoms with Gasteiger partial charge >= 0.3 is 0 Å². The highest BCUT2D eigenvalue weighted by Crippen LogP contribution is 2.23. The molecule has 2 aromatic rings. The number of nitrogens with zero attached hydrogens (tertiary/aromatic N) is 1. The summed E-state index contributed by atoms with van der Waals surface area (Å²) in [5.74, 6) is 1.28. The zero-order chi connectivity index (χ0) is 11.4. The lowest BCUT2D eigenvalue weighted by molar-refractivity contribution is 0.281. The van der Waals surface area contributed by atoms with E-state index in [4.69, 9.17) is 21.4 Å². The van der Waals surface area contributed by atoms with Crippen LogP contribution in [0.5, 0.6) is 11.5 Å². The Morgan fingerprint density at radius 2 is 2.00 bits per heavy atom. The SMILES string of the molecule is OCc1cccc(Oc2ccnc(Cl)c2)c1. The second-order valence-corrected chi connectivity index (χ2v) is 3.61. The zero-order valence-electron chi connectivity index (χ0n) is 8.43. The molecule has 1 heterocycles. The first-order valence-corrected chi connectivity index (χ1v) is 5.15. The molecule has 1 aromatic carbocycles. The molecule has 0 amide bonds. The second kappa shape index (κ2) is 4.96. The Bertz CT molecular complexity index is 488.